The first-order valence-corrected chi connectivity index (χ1v) is 7.90. The van der Waals surface area contributed by atoms with Crippen LogP contribution in [0.5, 0.6) is 0 Å². The molecule has 0 aromatic carbocycles. The highest BCUT2D eigenvalue weighted by Crippen LogP contribution is 2.28. The van der Waals surface area contributed by atoms with E-state index in [9.17, 15) is 0 Å². The maximum Gasteiger partial charge on any atom is 0.209 e. The lowest BCUT2D eigenvalue weighted by Gasteiger charge is -2.05. The molecule has 0 fully saturated rings. The second-order valence-corrected chi connectivity index (χ2v) is 5.46. The van der Waals surface area contributed by atoms with Crippen molar-refractivity contribution in [2.24, 2.45) is 5.73 Å². The van der Waals surface area contributed by atoms with Crippen LogP contribution in [0.1, 0.15) is 25.2 Å². The van der Waals surface area contributed by atoms with E-state index in [2.05, 4.69) is 27.5 Å². The molecule has 9 heteroatoms. The highest BCUT2D eigenvalue weighted by atomic mass is 35.5. The van der Waals surface area contributed by atoms with E-state index in [1.807, 2.05) is 11.6 Å². The highest BCUT2D eigenvalue weighted by Gasteiger charge is 2.16. The van der Waals surface area contributed by atoms with Crippen molar-refractivity contribution in [1.82, 2.24) is 30.0 Å². The topological polar surface area (TPSA) is 87.4 Å². The molecule has 0 spiro atoms. The summed E-state index contributed by atoms with van der Waals surface area (Å²) >= 11 is 7.91. The number of nitrogens with zero attached hydrogens (tertiary/aromatic N) is 6. The molecule has 0 unspecified atom stereocenters. The first-order chi connectivity index (χ1) is 9.71. The van der Waals surface area contributed by atoms with E-state index in [4.69, 9.17) is 17.3 Å². The Bertz CT molecular complexity index is 565. The number of hydrogen-bond donors (Lipinski definition) is 1. The van der Waals surface area contributed by atoms with Crippen LogP contribution < -0.4 is 5.73 Å². The van der Waals surface area contributed by atoms with Gasteiger partial charge in [-0.05, 0) is 23.8 Å². The molecule has 0 bridgehead atoms. The van der Waals surface area contributed by atoms with Crippen molar-refractivity contribution in [2.45, 2.75) is 44.3 Å². The van der Waals surface area contributed by atoms with Crippen LogP contribution in [0.3, 0.4) is 0 Å². The molecular formula is C11H18ClN7S. The summed E-state index contributed by atoms with van der Waals surface area (Å²) < 4.78 is 3.64. The second kappa shape index (κ2) is 7.05. The van der Waals surface area contributed by atoms with Crippen LogP contribution in [0.15, 0.2) is 5.16 Å². The summed E-state index contributed by atoms with van der Waals surface area (Å²) in [4.78, 5) is 0. The van der Waals surface area contributed by atoms with Gasteiger partial charge in [0.1, 0.15) is 0 Å². The number of nitrogens with two attached hydrogens (primary N) is 1. The van der Waals surface area contributed by atoms with Crippen molar-refractivity contribution in [1.29, 1.82) is 0 Å². The maximum atomic E-state index is 6.37. The zero-order valence-corrected chi connectivity index (χ0v) is 13.2. The van der Waals surface area contributed by atoms with E-state index in [1.54, 1.807) is 16.4 Å². The van der Waals surface area contributed by atoms with Gasteiger partial charge in [-0.3, -0.25) is 4.68 Å². The third kappa shape index (κ3) is 3.13. The quantitative estimate of drug-likeness (QED) is 0.776. The predicted octanol–water partition coefficient (Wildman–Crippen LogP) is 1.36. The Morgan fingerprint density at radius 1 is 1.30 bits per heavy atom. The fraction of sp³-hybridized carbons (Fsp3) is 0.636. The average Bonchev–Trinajstić information content (AvgIpc) is 3.01. The first-order valence-electron chi connectivity index (χ1n) is 6.54. The largest absolute Gasteiger partial charge is 0.329 e. The number of rotatable bonds is 7. The Hall–Kier alpha value is -1.12. The van der Waals surface area contributed by atoms with Gasteiger partial charge >= 0.3 is 0 Å². The molecule has 0 radical (unpaired) electrons. The lowest BCUT2D eigenvalue weighted by molar-refractivity contribution is 0.556. The van der Waals surface area contributed by atoms with E-state index >= 15 is 0 Å². The highest BCUT2D eigenvalue weighted by molar-refractivity contribution is 7.98. The predicted molar refractivity (Wildman–Crippen MR) is 78.7 cm³/mol. The van der Waals surface area contributed by atoms with Crippen LogP contribution >= 0.6 is 23.4 Å². The van der Waals surface area contributed by atoms with Crippen molar-refractivity contribution in [3.05, 3.63) is 16.4 Å². The van der Waals surface area contributed by atoms with E-state index in [-0.39, 0.29) is 0 Å². The first kappa shape index (κ1) is 15.3. The Labute approximate surface area is 126 Å². The summed E-state index contributed by atoms with van der Waals surface area (Å²) in [5.74, 6) is 0.685. The molecule has 2 rings (SSSR count). The monoisotopic (exact) mass is 315 g/mol. The molecule has 0 saturated heterocycles. The van der Waals surface area contributed by atoms with Gasteiger partial charge in [0, 0.05) is 18.8 Å². The number of thioether (sulfide) groups is 1. The van der Waals surface area contributed by atoms with Gasteiger partial charge in [0.25, 0.3) is 0 Å². The minimum Gasteiger partial charge on any atom is -0.329 e. The van der Waals surface area contributed by atoms with Crippen molar-refractivity contribution in [2.75, 3.05) is 6.54 Å². The Balaban J connectivity index is 2.14. The van der Waals surface area contributed by atoms with Crippen LogP contribution in [-0.2, 0) is 25.3 Å². The van der Waals surface area contributed by atoms with E-state index < -0.39 is 0 Å². The average molecular weight is 316 g/mol. The van der Waals surface area contributed by atoms with Crippen LogP contribution in [0.4, 0.5) is 0 Å². The van der Waals surface area contributed by atoms with Gasteiger partial charge in [-0.2, -0.15) is 5.10 Å². The number of aryl methyl sites for hydroxylation is 2. The van der Waals surface area contributed by atoms with Crippen LogP contribution in [0.2, 0.25) is 5.02 Å². The smallest absolute Gasteiger partial charge is 0.209 e. The molecule has 20 heavy (non-hydrogen) atoms. The summed E-state index contributed by atoms with van der Waals surface area (Å²) in [5, 5.41) is 17.6. The summed E-state index contributed by atoms with van der Waals surface area (Å²) in [5.41, 5.74) is 7.47. The summed E-state index contributed by atoms with van der Waals surface area (Å²) in [6.45, 7) is 6.01. The molecule has 2 heterocycles. The molecule has 0 aliphatic heterocycles. The fourth-order valence-electron chi connectivity index (χ4n) is 1.85. The molecule has 0 saturated carbocycles. The lowest BCUT2D eigenvalue weighted by Crippen LogP contribution is -2.12. The molecule has 7 nitrogen and oxygen atoms in total. The molecule has 2 N–H and O–H groups in total. The van der Waals surface area contributed by atoms with E-state index in [1.165, 1.54) is 0 Å². The van der Waals surface area contributed by atoms with Crippen molar-refractivity contribution < 1.29 is 0 Å². The van der Waals surface area contributed by atoms with E-state index in [0.29, 0.717) is 18.8 Å². The molecule has 0 aliphatic rings. The molecule has 2 aromatic rings. The Kier molecular flexibility index (Phi) is 5.38. The summed E-state index contributed by atoms with van der Waals surface area (Å²) in [6.07, 6.45) is 0.828. The molecule has 0 amide bonds. The molecule has 0 atom stereocenters. The summed E-state index contributed by atoms with van der Waals surface area (Å²) in [7, 11) is 0. The maximum absolute atomic E-state index is 6.37. The minimum absolute atomic E-state index is 0.506. The third-order valence-corrected chi connectivity index (χ3v) is 4.28. The van der Waals surface area contributed by atoms with Crippen LogP contribution in [-0.4, -0.2) is 36.5 Å². The van der Waals surface area contributed by atoms with Gasteiger partial charge in [0.05, 0.1) is 23.0 Å². The fourth-order valence-corrected chi connectivity index (χ4v) is 3.20. The Morgan fingerprint density at radius 3 is 2.75 bits per heavy atom. The van der Waals surface area contributed by atoms with Gasteiger partial charge in [0.15, 0.2) is 0 Å². The van der Waals surface area contributed by atoms with Crippen LogP contribution in [0, 0.1) is 0 Å². The SMILES string of the molecule is CCc1nn(CC)c(CSc2nnnn2CCN)c1Cl. The normalized spacial score (nSPS) is 11.2. The number of halogens is 1. The molecule has 110 valence electrons. The van der Waals surface area contributed by atoms with Gasteiger partial charge in [-0.15, -0.1) is 5.10 Å². The Morgan fingerprint density at radius 2 is 2.10 bits per heavy atom. The third-order valence-electron chi connectivity index (χ3n) is 2.87. The van der Waals surface area contributed by atoms with Crippen molar-refractivity contribution in [3.8, 4) is 0 Å². The van der Waals surface area contributed by atoms with Crippen molar-refractivity contribution >= 4 is 23.4 Å². The van der Waals surface area contributed by atoms with Gasteiger partial charge in [-0.1, -0.05) is 30.3 Å². The standard InChI is InChI=1S/C11H18ClN7S/c1-3-8-10(12)9(18(4-2)15-8)7-20-11-14-16-17-19(11)6-5-13/h3-7,13H2,1-2H3. The second-order valence-electron chi connectivity index (χ2n) is 4.14. The van der Waals surface area contributed by atoms with Crippen LogP contribution in [0.25, 0.3) is 0 Å². The summed E-state index contributed by atoms with van der Waals surface area (Å²) in [6, 6.07) is 0. The zero-order valence-electron chi connectivity index (χ0n) is 11.6. The van der Waals surface area contributed by atoms with Gasteiger partial charge < -0.3 is 5.73 Å². The van der Waals surface area contributed by atoms with Gasteiger partial charge in [0.2, 0.25) is 5.16 Å². The minimum atomic E-state index is 0.506. The van der Waals surface area contributed by atoms with Gasteiger partial charge in [-0.25, -0.2) is 4.68 Å². The number of tetrazole rings is 1. The molecule has 0 aliphatic carbocycles. The number of hydrogen-bond acceptors (Lipinski definition) is 6. The molecule has 2 aromatic heterocycles. The zero-order chi connectivity index (χ0) is 14.5. The number of aromatic nitrogens is 6. The molecular weight excluding hydrogens is 298 g/mol. The van der Waals surface area contributed by atoms with E-state index in [0.717, 1.165) is 34.5 Å². The van der Waals surface area contributed by atoms with Crippen molar-refractivity contribution in [3.63, 3.8) is 0 Å². The lowest BCUT2D eigenvalue weighted by atomic mass is 10.3.